The number of rotatable bonds is 3. The number of nitrogens with zero attached hydrogens (tertiary/aromatic N) is 9. The van der Waals surface area contributed by atoms with Gasteiger partial charge in [-0.2, -0.15) is 0 Å². The number of aromatic nitrogens is 9. The average molecular weight is 1090 g/mol. The minimum absolute atomic E-state index is 0.744. The van der Waals surface area contributed by atoms with Crippen LogP contribution < -0.4 is 0 Å². The summed E-state index contributed by atoms with van der Waals surface area (Å²) >= 11 is 6.45. The third-order valence-electron chi connectivity index (χ3n) is 18.1. The van der Waals surface area contributed by atoms with E-state index in [1.165, 1.54) is 98.1 Å². The number of imidazole rings is 4. The van der Waals surface area contributed by atoms with Crippen molar-refractivity contribution >= 4 is 165 Å². The highest BCUT2D eigenvalue weighted by Gasteiger charge is 2.27. The van der Waals surface area contributed by atoms with Crippen LogP contribution in [0, 0.1) is 0 Å². The Bertz CT molecular complexity index is 6340. The van der Waals surface area contributed by atoms with Crippen molar-refractivity contribution in [1.29, 1.82) is 0 Å². The van der Waals surface area contributed by atoms with Gasteiger partial charge in [-0.15, -0.1) is 0 Å². The summed E-state index contributed by atoms with van der Waals surface area (Å²) in [6.07, 6.45) is 0. The van der Waals surface area contributed by atoms with Crippen LogP contribution in [0.25, 0.3) is 171 Å². The summed E-state index contributed by atoms with van der Waals surface area (Å²) in [4.78, 5) is 10.3. The fraction of sp³-hybridized carbons (Fsp3) is 0. The molecule has 0 saturated carbocycles. The molecule has 9 heterocycles. The van der Waals surface area contributed by atoms with Gasteiger partial charge < -0.3 is 13.7 Å². The minimum atomic E-state index is 0.744. The maximum absolute atomic E-state index is 6.45. The van der Waals surface area contributed by atoms with Gasteiger partial charge in [0.25, 0.3) is 0 Å². The van der Waals surface area contributed by atoms with E-state index in [1.54, 1.807) is 0 Å². The Morgan fingerprint density at radius 2 is 0.583 bits per heavy atom. The first-order valence-corrected chi connectivity index (χ1v) is 28.8. The highest BCUT2D eigenvalue weighted by molar-refractivity contribution is 6.32. The summed E-state index contributed by atoms with van der Waals surface area (Å²) in [6, 6.07) is 91.3. The first-order chi connectivity index (χ1) is 41.6. The van der Waals surface area contributed by atoms with Gasteiger partial charge in [0.2, 0.25) is 11.6 Å². The fourth-order valence-electron chi connectivity index (χ4n) is 14.8. The summed E-state index contributed by atoms with van der Waals surface area (Å²) in [5.41, 5.74) is 21.9. The summed E-state index contributed by atoms with van der Waals surface area (Å²) in [5, 5.41) is 13.0. The maximum atomic E-state index is 6.45. The number of benzene rings is 12. The molecule has 0 aliphatic carbocycles. The molecule has 21 rings (SSSR count). The van der Waals surface area contributed by atoms with Crippen LogP contribution in [0.1, 0.15) is 0 Å². The van der Waals surface area contributed by atoms with Crippen LogP contribution in [0.15, 0.2) is 255 Å². The Labute approximate surface area is 480 Å². The van der Waals surface area contributed by atoms with Crippen molar-refractivity contribution in [3.8, 4) is 17.1 Å². The largest absolute Gasteiger partial charge is 0.309 e. The van der Waals surface area contributed by atoms with Gasteiger partial charge in [0.1, 0.15) is 0 Å². The smallest absolute Gasteiger partial charge is 0.220 e. The van der Waals surface area contributed by atoms with Gasteiger partial charge >= 0.3 is 0 Å². The highest BCUT2D eigenvalue weighted by atomic mass is 35.5. The van der Waals surface area contributed by atoms with Crippen molar-refractivity contribution in [3.63, 3.8) is 0 Å². The summed E-state index contributed by atoms with van der Waals surface area (Å²) in [6.45, 7) is 0. The van der Waals surface area contributed by atoms with Crippen LogP contribution in [0.2, 0.25) is 5.02 Å². The van der Waals surface area contributed by atoms with E-state index in [4.69, 9.17) is 21.6 Å². The molecule has 0 atom stereocenters. The molecule has 0 radical (unpaired) electrons. The monoisotopic (exact) mass is 1090 g/mol. The molecule has 12 aromatic carbocycles. The van der Waals surface area contributed by atoms with Crippen molar-refractivity contribution in [1.82, 2.24) is 41.3 Å². The van der Waals surface area contributed by atoms with E-state index in [1.807, 2.05) is 6.07 Å². The van der Waals surface area contributed by atoms with Gasteiger partial charge in [-0.3, -0.25) is 17.6 Å². The Balaban J connectivity index is 0.000000125. The van der Waals surface area contributed by atoms with E-state index in [0.29, 0.717) is 0 Å². The molecule has 0 saturated heterocycles. The number of halogens is 1. The van der Waals surface area contributed by atoms with Gasteiger partial charge in [0, 0.05) is 64.6 Å². The zero-order chi connectivity index (χ0) is 54.6. The molecule has 390 valence electrons. The molecular weight excluding hydrogens is 1050 g/mol. The number of hydrogen-bond acceptors (Lipinski definition) is 2. The van der Waals surface area contributed by atoms with Crippen molar-refractivity contribution in [2.75, 3.05) is 0 Å². The van der Waals surface area contributed by atoms with Gasteiger partial charge in [0.05, 0.1) is 99.6 Å². The van der Waals surface area contributed by atoms with Crippen molar-refractivity contribution in [2.45, 2.75) is 0 Å². The molecule has 0 aliphatic heterocycles. The Kier molecular flexibility index (Phi) is 8.53. The molecular formula is C74H42ClN9. The lowest BCUT2D eigenvalue weighted by Gasteiger charge is -2.12. The summed E-state index contributed by atoms with van der Waals surface area (Å²) in [7, 11) is 0. The van der Waals surface area contributed by atoms with Crippen LogP contribution in [0.5, 0.6) is 0 Å². The zero-order valence-corrected chi connectivity index (χ0v) is 45.4. The molecule has 0 fully saturated rings. The van der Waals surface area contributed by atoms with Gasteiger partial charge in [-0.1, -0.05) is 157 Å². The van der Waals surface area contributed by atoms with Gasteiger partial charge in [0.15, 0.2) is 0 Å². The lowest BCUT2D eigenvalue weighted by atomic mass is 10.1. The first-order valence-electron chi connectivity index (χ1n) is 28.4. The third-order valence-corrected chi connectivity index (χ3v) is 18.3. The average Bonchev–Trinajstić information content (AvgIpc) is 1.71. The molecule has 0 N–H and O–H groups in total. The van der Waals surface area contributed by atoms with E-state index in [9.17, 15) is 0 Å². The summed E-state index contributed by atoms with van der Waals surface area (Å²) in [5.74, 6) is 1.88. The predicted octanol–water partition coefficient (Wildman–Crippen LogP) is 18.9. The second-order valence-electron chi connectivity index (χ2n) is 22.3. The van der Waals surface area contributed by atoms with Crippen LogP contribution in [-0.4, -0.2) is 41.3 Å². The lowest BCUT2D eigenvalue weighted by molar-refractivity contribution is 1.15. The first kappa shape index (κ1) is 44.6. The number of para-hydroxylation sites is 12. The van der Waals surface area contributed by atoms with E-state index >= 15 is 0 Å². The van der Waals surface area contributed by atoms with Gasteiger partial charge in [-0.25, -0.2) is 9.97 Å². The van der Waals surface area contributed by atoms with Crippen molar-refractivity contribution < 1.29 is 0 Å². The normalized spacial score (nSPS) is 12.6. The summed E-state index contributed by atoms with van der Waals surface area (Å²) < 4.78 is 16.6. The molecule has 0 spiro atoms. The quantitative estimate of drug-likeness (QED) is 0.177. The van der Waals surface area contributed by atoms with Gasteiger partial charge in [-0.05, 0) is 109 Å². The van der Waals surface area contributed by atoms with Crippen LogP contribution in [0.3, 0.4) is 0 Å². The Morgan fingerprint density at radius 3 is 1.07 bits per heavy atom. The second kappa shape index (κ2) is 16.1. The third kappa shape index (κ3) is 5.59. The van der Waals surface area contributed by atoms with E-state index in [0.717, 1.165) is 77.6 Å². The Hall–Kier alpha value is -11.1. The van der Waals surface area contributed by atoms with Crippen LogP contribution >= 0.6 is 11.6 Å². The fourth-order valence-corrected chi connectivity index (χ4v) is 15.0. The number of hydrogen-bond donors (Lipinski definition) is 0. The highest BCUT2D eigenvalue weighted by Crippen LogP contribution is 2.45. The topological polar surface area (TPSA) is 58.2 Å². The van der Waals surface area contributed by atoms with E-state index in [2.05, 4.69) is 280 Å². The van der Waals surface area contributed by atoms with Crippen LogP contribution in [-0.2, 0) is 0 Å². The predicted molar refractivity (Wildman–Crippen MR) is 348 cm³/mol. The maximum Gasteiger partial charge on any atom is 0.220 e. The molecule has 84 heavy (non-hydrogen) atoms. The van der Waals surface area contributed by atoms with Crippen molar-refractivity contribution in [2.24, 2.45) is 0 Å². The molecule has 0 bridgehead atoms. The molecule has 9 aromatic heterocycles. The number of fused-ring (bicyclic) bond motifs is 25. The Morgan fingerprint density at radius 1 is 0.238 bits per heavy atom. The lowest BCUT2D eigenvalue weighted by Crippen LogP contribution is -1.98. The molecule has 10 heteroatoms. The second-order valence-corrected chi connectivity index (χ2v) is 22.7. The SMILES string of the molecule is Clc1ccc2c(c1)c1ccccc1n2-c1cccc2c3cccc4c3n(c12)c1nc2ccccc2n41.c1ccc2c(c1)nc1n2c2cccc3c4cccc(-n5c6ccccc6c6cc(-n7c8ccccc8c8ccccc87)ccc65)c4n1c32. The zero-order valence-electron chi connectivity index (χ0n) is 44.7. The molecule has 0 unspecified atom stereocenters. The molecule has 21 aromatic rings. The minimum Gasteiger partial charge on any atom is -0.309 e. The van der Waals surface area contributed by atoms with Crippen LogP contribution in [0.4, 0.5) is 0 Å². The molecule has 0 amide bonds. The van der Waals surface area contributed by atoms with E-state index < -0.39 is 0 Å². The standard InChI is InChI=1S/C43H25N5.C31H17ClN4/c1-5-17-34-27(11-1)28-12-2-6-18-35(28)45(34)26-23-24-37-32(25-26)29-13-3-7-19-36(29)46(37)39-21-9-14-30-31-15-10-22-40-42(31)48(41(30)39)43-44-33-16-4-8-20-38(33)47(40)43;32-18-15-16-25-22(17-18)19-7-1-3-11-24(19)34(25)27-13-5-8-20-21-9-6-14-28-30(21)36(29(20)27)31-33-23-10-2-4-12-26(23)35(28)31/h1-25H;1-17H. The molecule has 0 aliphatic rings. The van der Waals surface area contributed by atoms with Crippen molar-refractivity contribution in [3.05, 3.63) is 260 Å². The van der Waals surface area contributed by atoms with E-state index in [-0.39, 0.29) is 0 Å². The molecule has 9 nitrogen and oxygen atoms in total.